The van der Waals surface area contributed by atoms with Gasteiger partial charge in [-0.05, 0) is 50.7 Å². The number of nitrogens with zero attached hydrogens (tertiary/aromatic N) is 3. The molecular weight excluding hydrogens is 276 g/mol. The minimum Gasteiger partial charge on any atom is -0.277 e. The molecule has 0 bridgehead atoms. The molecule has 0 saturated heterocycles. The van der Waals surface area contributed by atoms with Crippen LogP contribution in [0.15, 0.2) is 34.2 Å². The van der Waals surface area contributed by atoms with Gasteiger partial charge in [-0.25, -0.2) is 10.4 Å². The molecule has 1 N–H and O–H groups in total. The van der Waals surface area contributed by atoms with Crippen LogP contribution >= 0.6 is 0 Å². The van der Waals surface area contributed by atoms with E-state index in [1.807, 2.05) is 31.2 Å². The van der Waals surface area contributed by atoms with E-state index in [9.17, 15) is 4.79 Å². The zero-order valence-electron chi connectivity index (χ0n) is 13.2. The molecule has 22 heavy (non-hydrogen) atoms. The summed E-state index contributed by atoms with van der Waals surface area (Å²) in [5.74, 6) is 1.31. The molecule has 0 amide bonds. The Morgan fingerprint density at radius 1 is 1.32 bits per heavy atom. The summed E-state index contributed by atoms with van der Waals surface area (Å²) >= 11 is 0. The SMILES string of the molecule is CCn1c(NN=C2CCC(C)CC2)nc2ccccc2c1=O. The van der Waals surface area contributed by atoms with Crippen LogP contribution in [0.4, 0.5) is 5.95 Å². The molecule has 1 aliphatic carbocycles. The van der Waals surface area contributed by atoms with E-state index in [-0.39, 0.29) is 5.56 Å². The van der Waals surface area contributed by atoms with Crippen molar-refractivity contribution in [2.75, 3.05) is 5.43 Å². The molecule has 0 radical (unpaired) electrons. The highest BCUT2D eigenvalue weighted by atomic mass is 16.1. The smallest absolute Gasteiger partial charge is 0.262 e. The van der Waals surface area contributed by atoms with Gasteiger partial charge in [-0.3, -0.25) is 9.36 Å². The van der Waals surface area contributed by atoms with Crippen molar-refractivity contribution in [1.82, 2.24) is 9.55 Å². The number of fused-ring (bicyclic) bond motifs is 1. The van der Waals surface area contributed by atoms with Gasteiger partial charge in [0.05, 0.1) is 10.9 Å². The van der Waals surface area contributed by atoms with Crippen LogP contribution in [0.25, 0.3) is 10.9 Å². The lowest BCUT2D eigenvalue weighted by atomic mass is 9.90. The number of rotatable bonds is 3. The van der Waals surface area contributed by atoms with Crippen molar-refractivity contribution in [3.8, 4) is 0 Å². The standard InChI is InChI=1S/C17H22N4O/c1-3-21-16(22)14-6-4-5-7-15(14)18-17(21)20-19-13-10-8-12(2)9-11-13/h4-7,12H,3,8-11H2,1-2H3,(H,18,20). The van der Waals surface area contributed by atoms with E-state index >= 15 is 0 Å². The fourth-order valence-electron chi connectivity index (χ4n) is 2.88. The minimum absolute atomic E-state index is 0.0203. The summed E-state index contributed by atoms with van der Waals surface area (Å²) in [4.78, 5) is 17.1. The first-order chi connectivity index (χ1) is 10.7. The third-order valence-corrected chi connectivity index (χ3v) is 4.34. The van der Waals surface area contributed by atoms with E-state index in [2.05, 4.69) is 22.4 Å². The van der Waals surface area contributed by atoms with E-state index in [4.69, 9.17) is 0 Å². The van der Waals surface area contributed by atoms with Gasteiger partial charge in [0, 0.05) is 12.3 Å². The van der Waals surface area contributed by atoms with Gasteiger partial charge in [0.15, 0.2) is 0 Å². The van der Waals surface area contributed by atoms with E-state index in [0.29, 0.717) is 23.4 Å². The van der Waals surface area contributed by atoms with Crippen LogP contribution in [0.5, 0.6) is 0 Å². The zero-order chi connectivity index (χ0) is 15.5. The van der Waals surface area contributed by atoms with Crippen LogP contribution < -0.4 is 11.0 Å². The molecule has 0 aliphatic heterocycles. The summed E-state index contributed by atoms with van der Waals surface area (Å²) in [5, 5.41) is 5.14. The number of hydrazone groups is 1. The fourth-order valence-corrected chi connectivity index (χ4v) is 2.88. The first-order valence-electron chi connectivity index (χ1n) is 8.00. The number of hydrogen-bond acceptors (Lipinski definition) is 4. The Labute approximate surface area is 130 Å². The molecule has 1 aliphatic rings. The first-order valence-corrected chi connectivity index (χ1v) is 8.00. The van der Waals surface area contributed by atoms with Crippen LogP contribution in [0.3, 0.4) is 0 Å². The second kappa shape index (κ2) is 6.30. The molecular formula is C17H22N4O. The number of para-hydroxylation sites is 1. The van der Waals surface area contributed by atoms with Gasteiger partial charge in [0.1, 0.15) is 0 Å². The summed E-state index contributed by atoms with van der Waals surface area (Å²) in [7, 11) is 0. The van der Waals surface area contributed by atoms with Crippen LogP contribution in [-0.4, -0.2) is 15.3 Å². The third-order valence-electron chi connectivity index (χ3n) is 4.34. The monoisotopic (exact) mass is 298 g/mol. The van der Waals surface area contributed by atoms with Crippen molar-refractivity contribution in [2.24, 2.45) is 11.0 Å². The van der Waals surface area contributed by atoms with Crippen LogP contribution in [0.1, 0.15) is 39.5 Å². The predicted molar refractivity (Wildman–Crippen MR) is 90.4 cm³/mol. The molecule has 5 heteroatoms. The van der Waals surface area contributed by atoms with Crippen LogP contribution in [0, 0.1) is 5.92 Å². The largest absolute Gasteiger partial charge is 0.277 e. The average molecular weight is 298 g/mol. The van der Waals surface area contributed by atoms with E-state index in [0.717, 1.165) is 18.8 Å². The quantitative estimate of drug-likeness (QED) is 0.884. The number of benzene rings is 1. The van der Waals surface area contributed by atoms with Crippen molar-refractivity contribution in [2.45, 2.75) is 46.1 Å². The van der Waals surface area contributed by atoms with Gasteiger partial charge < -0.3 is 0 Å². The van der Waals surface area contributed by atoms with Gasteiger partial charge in [-0.15, -0.1) is 0 Å². The average Bonchev–Trinajstić information content (AvgIpc) is 2.54. The highest BCUT2D eigenvalue weighted by molar-refractivity contribution is 5.85. The summed E-state index contributed by atoms with van der Waals surface area (Å²) in [5.41, 5.74) is 4.88. The van der Waals surface area contributed by atoms with Gasteiger partial charge in [0.25, 0.3) is 5.56 Å². The predicted octanol–water partition coefficient (Wildman–Crippen LogP) is 3.39. The Balaban J connectivity index is 1.93. The summed E-state index contributed by atoms with van der Waals surface area (Å²) in [6.07, 6.45) is 4.43. The van der Waals surface area contributed by atoms with E-state index < -0.39 is 0 Å². The summed E-state index contributed by atoms with van der Waals surface area (Å²) < 4.78 is 1.64. The van der Waals surface area contributed by atoms with Gasteiger partial charge in [-0.1, -0.05) is 19.1 Å². The highest BCUT2D eigenvalue weighted by Gasteiger charge is 2.14. The first kappa shape index (κ1) is 14.8. The van der Waals surface area contributed by atoms with Crippen LogP contribution in [-0.2, 0) is 6.54 Å². The lowest BCUT2D eigenvalue weighted by molar-refractivity contribution is 0.483. The summed E-state index contributed by atoms with van der Waals surface area (Å²) in [6, 6.07) is 7.43. The maximum atomic E-state index is 12.5. The number of anilines is 1. The van der Waals surface area contributed by atoms with Crippen molar-refractivity contribution in [3.05, 3.63) is 34.6 Å². The Morgan fingerprint density at radius 3 is 2.77 bits per heavy atom. The number of nitrogens with one attached hydrogen (secondary N) is 1. The Bertz CT molecular complexity index is 753. The molecule has 1 aromatic heterocycles. The maximum Gasteiger partial charge on any atom is 0.262 e. The fraction of sp³-hybridized carbons (Fsp3) is 0.471. The highest BCUT2D eigenvalue weighted by Crippen LogP contribution is 2.21. The van der Waals surface area contributed by atoms with E-state index in [1.165, 1.54) is 18.6 Å². The minimum atomic E-state index is -0.0203. The topological polar surface area (TPSA) is 59.3 Å². The van der Waals surface area contributed by atoms with Crippen LogP contribution in [0.2, 0.25) is 0 Å². The molecule has 116 valence electrons. The van der Waals surface area contributed by atoms with Crippen molar-refractivity contribution < 1.29 is 0 Å². The number of hydrogen-bond donors (Lipinski definition) is 1. The molecule has 1 aromatic carbocycles. The Hall–Kier alpha value is -2.17. The van der Waals surface area contributed by atoms with Crippen molar-refractivity contribution in [3.63, 3.8) is 0 Å². The molecule has 1 saturated carbocycles. The molecule has 0 unspecified atom stereocenters. The third kappa shape index (κ3) is 2.89. The molecule has 0 spiro atoms. The molecule has 5 nitrogen and oxygen atoms in total. The maximum absolute atomic E-state index is 12.5. The lowest BCUT2D eigenvalue weighted by Gasteiger charge is -2.19. The van der Waals surface area contributed by atoms with Crippen molar-refractivity contribution in [1.29, 1.82) is 0 Å². The second-order valence-electron chi connectivity index (χ2n) is 5.97. The molecule has 1 fully saturated rings. The Morgan fingerprint density at radius 2 is 2.05 bits per heavy atom. The Kier molecular flexibility index (Phi) is 4.22. The lowest BCUT2D eigenvalue weighted by Crippen LogP contribution is -2.24. The molecule has 3 rings (SSSR count). The van der Waals surface area contributed by atoms with Gasteiger partial charge in [0.2, 0.25) is 5.95 Å². The second-order valence-corrected chi connectivity index (χ2v) is 5.97. The van der Waals surface area contributed by atoms with Gasteiger partial charge >= 0.3 is 0 Å². The number of aromatic nitrogens is 2. The zero-order valence-corrected chi connectivity index (χ0v) is 13.2. The van der Waals surface area contributed by atoms with E-state index in [1.54, 1.807) is 4.57 Å². The summed E-state index contributed by atoms with van der Waals surface area (Å²) in [6.45, 7) is 4.79. The molecule has 1 heterocycles. The molecule has 2 aromatic rings. The molecule has 0 atom stereocenters. The van der Waals surface area contributed by atoms with Gasteiger partial charge in [-0.2, -0.15) is 5.10 Å². The van der Waals surface area contributed by atoms with Crippen molar-refractivity contribution >= 4 is 22.6 Å². The normalized spacial score (nSPS) is 18.5.